The zero-order valence-electron chi connectivity index (χ0n) is 10.2. The zero-order valence-corrected chi connectivity index (χ0v) is 11.0. The lowest BCUT2D eigenvalue weighted by molar-refractivity contribution is 0.388. The lowest BCUT2D eigenvalue weighted by Crippen LogP contribution is -2.32. The maximum absolute atomic E-state index is 13.0. The largest absolute Gasteiger partial charge is 0.307 e. The third-order valence-electron chi connectivity index (χ3n) is 2.96. The number of hydrogen-bond donors (Lipinski definition) is 1. The van der Waals surface area contributed by atoms with Gasteiger partial charge in [-0.1, -0.05) is 31.5 Å². The summed E-state index contributed by atoms with van der Waals surface area (Å²) in [5.74, 6) is 0.202. The van der Waals surface area contributed by atoms with Crippen LogP contribution in [0.4, 0.5) is 4.39 Å². The summed E-state index contributed by atoms with van der Waals surface area (Å²) in [6, 6.07) is 5.46. The Morgan fingerprint density at radius 1 is 1.19 bits per heavy atom. The van der Waals surface area contributed by atoms with E-state index in [4.69, 9.17) is 11.6 Å². The normalized spacial score (nSPS) is 15.2. The highest BCUT2D eigenvalue weighted by Gasteiger charge is 2.13. The van der Waals surface area contributed by atoms with Crippen LogP contribution in [-0.2, 0) is 0 Å². The van der Waals surface area contributed by atoms with Gasteiger partial charge in [0.2, 0.25) is 0 Å². The van der Waals surface area contributed by atoms with Crippen LogP contribution in [0.5, 0.6) is 0 Å². The molecule has 1 aromatic rings. The van der Waals surface area contributed by atoms with Gasteiger partial charge >= 0.3 is 0 Å². The van der Waals surface area contributed by atoms with Crippen molar-refractivity contribution in [2.45, 2.75) is 39.8 Å². The summed E-state index contributed by atoms with van der Waals surface area (Å²) in [6.45, 7) is 8.54. The maximum atomic E-state index is 13.0. The molecule has 0 aliphatic heterocycles. The van der Waals surface area contributed by atoms with E-state index in [1.165, 1.54) is 6.07 Å². The van der Waals surface area contributed by atoms with Crippen molar-refractivity contribution in [1.82, 2.24) is 5.32 Å². The molecule has 0 aromatic heterocycles. The van der Waals surface area contributed by atoms with Gasteiger partial charge in [0.15, 0.2) is 0 Å². The van der Waals surface area contributed by atoms with E-state index in [0.717, 1.165) is 5.56 Å². The van der Waals surface area contributed by atoms with Crippen molar-refractivity contribution in [1.29, 1.82) is 0 Å². The molecule has 0 saturated heterocycles. The monoisotopic (exact) mass is 243 g/mol. The van der Waals surface area contributed by atoms with Gasteiger partial charge in [0.05, 0.1) is 5.02 Å². The predicted octanol–water partition coefficient (Wildman–Crippen LogP) is 4.17. The summed E-state index contributed by atoms with van der Waals surface area (Å²) >= 11 is 5.75. The minimum absolute atomic E-state index is 0.176. The van der Waals surface area contributed by atoms with E-state index >= 15 is 0 Å². The maximum Gasteiger partial charge on any atom is 0.141 e. The van der Waals surface area contributed by atoms with Crippen molar-refractivity contribution in [3.8, 4) is 0 Å². The van der Waals surface area contributed by atoms with Crippen LogP contribution in [-0.4, -0.2) is 6.04 Å². The number of hydrogen-bond acceptors (Lipinski definition) is 1. The molecule has 2 unspecified atom stereocenters. The summed E-state index contributed by atoms with van der Waals surface area (Å²) in [4.78, 5) is 0. The summed E-state index contributed by atoms with van der Waals surface area (Å²) in [5, 5.41) is 3.64. The van der Waals surface area contributed by atoms with Crippen LogP contribution in [0.1, 0.15) is 39.3 Å². The van der Waals surface area contributed by atoms with Gasteiger partial charge in [0.25, 0.3) is 0 Å². The highest BCUT2D eigenvalue weighted by atomic mass is 35.5. The Morgan fingerprint density at radius 3 is 2.31 bits per heavy atom. The van der Waals surface area contributed by atoms with E-state index in [2.05, 4.69) is 33.0 Å². The summed E-state index contributed by atoms with van der Waals surface area (Å²) in [5.41, 5.74) is 1.01. The van der Waals surface area contributed by atoms with Crippen LogP contribution in [0, 0.1) is 11.7 Å². The van der Waals surface area contributed by atoms with Gasteiger partial charge in [-0.3, -0.25) is 0 Å². The predicted molar refractivity (Wildman–Crippen MR) is 67.3 cm³/mol. The fourth-order valence-corrected chi connectivity index (χ4v) is 1.65. The van der Waals surface area contributed by atoms with E-state index in [1.807, 2.05) is 0 Å². The molecule has 0 spiro atoms. The first-order chi connectivity index (χ1) is 7.41. The molecule has 0 aliphatic rings. The number of benzene rings is 1. The second kappa shape index (κ2) is 5.65. The molecule has 3 heteroatoms. The standard InChI is InChI=1S/C13H19ClFN/c1-8(2)9(3)16-10(4)11-5-6-13(15)12(14)7-11/h5-10,16H,1-4H3. The second-order valence-corrected chi connectivity index (χ2v) is 5.00. The lowest BCUT2D eigenvalue weighted by Gasteiger charge is -2.23. The second-order valence-electron chi connectivity index (χ2n) is 4.59. The molecule has 1 rings (SSSR count). The van der Waals surface area contributed by atoms with Crippen LogP contribution in [0.2, 0.25) is 5.02 Å². The quantitative estimate of drug-likeness (QED) is 0.837. The Kier molecular flexibility index (Phi) is 4.75. The smallest absolute Gasteiger partial charge is 0.141 e. The van der Waals surface area contributed by atoms with Crippen LogP contribution >= 0.6 is 11.6 Å². The fourth-order valence-electron chi connectivity index (χ4n) is 1.46. The van der Waals surface area contributed by atoms with Crippen LogP contribution in [0.15, 0.2) is 18.2 Å². The van der Waals surface area contributed by atoms with Crippen molar-refractivity contribution in [2.75, 3.05) is 0 Å². The van der Waals surface area contributed by atoms with Gasteiger partial charge in [0.1, 0.15) is 5.82 Å². The Labute approximate surface area is 102 Å². The highest BCUT2D eigenvalue weighted by molar-refractivity contribution is 6.30. The van der Waals surface area contributed by atoms with Crippen LogP contribution in [0.25, 0.3) is 0 Å². The van der Waals surface area contributed by atoms with Crippen molar-refractivity contribution in [3.63, 3.8) is 0 Å². The van der Waals surface area contributed by atoms with Gasteiger partial charge in [-0.15, -0.1) is 0 Å². The van der Waals surface area contributed by atoms with Gasteiger partial charge in [-0.05, 0) is 37.5 Å². The van der Waals surface area contributed by atoms with Crippen molar-refractivity contribution in [2.24, 2.45) is 5.92 Å². The Hall–Kier alpha value is -0.600. The van der Waals surface area contributed by atoms with Crippen LogP contribution in [0.3, 0.4) is 0 Å². The molecule has 0 amide bonds. The molecule has 1 nitrogen and oxygen atoms in total. The average Bonchev–Trinajstić information content (AvgIpc) is 2.21. The fraction of sp³-hybridized carbons (Fsp3) is 0.538. The van der Waals surface area contributed by atoms with E-state index in [1.54, 1.807) is 12.1 Å². The Bertz CT molecular complexity index is 352. The first kappa shape index (κ1) is 13.5. The molecular formula is C13H19ClFN. The minimum atomic E-state index is -0.366. The van der Waals surface area contributed by atoms with E-state index in [-0.39, 0.29) is 16.9 Å². The summed E-state index contributed by atoms with van der Waals surface area (Å²) in [7, 11) is 0. The molecular weight excluding hydrogens is 225 g/mol. The van der Waals surface area contributed by atoms with Gasteiger partial charge in [-0.25, -0.2) is 4.39 Å². The van der Waals surface area contributed by atoms with E-state index in [0.29, 0.717) is 12.0 Å². The molecule has 1 aromatic carbocycles. The number of nitrogens with one attached hydrogen (secondary N) is 1. The minimum Gasteiger partial charge on any atom is -0.307 e. The van der Waals surface area contributed by atoms with Crippen molar-refractivity contribution in [3.05, 3.63) is 34.6 Å². The summed E-state index contributed by atoms with van der Waals surface area (Å²) in [6.07, 6.45) is 0. The molecule has 1 N–H and O–H groups in total. The van der Waals surface area contributed by atoms with Crippen LogP contribution < -0.4 is 5.32 Å². The van der Waals surface area contributed by atoms with Gasteiger partial charge in [0, 0.05) is 12.1 Å². The Morgan fingerprint density at radius 2 is 1.81 bits per heavy atom. The Balaban J connectivity index is 2.73. The van der Waals surface area contributed by atoms with Crippen molar-refractivity contribution < 1.29 is 4.39 Å². The molecule has 16 heavy (non-hydrogen) atoms. The molecule has 0 fully saturated rings. The number of halogens is 2. The molecule has 0 bridgehead atoms. The zero-order chi connectivity index (χ0) is 12.3. The molecule has 2 atom stereocenters. The number of rotatable bonds is 4. The molecule has 0 radical (unpaired) electrons. The van der Waals surface area contributed by atoms with Crippen molar-refractivity contribution >= 4 is 11.6 Å². The SMILES string of the molecule is CC(NC(C)C(C)C)c1ccc(F)c(Cl)c1. The highest BCUT2D eigenvalue weighted by Crippen LogP contribution is 2.21. The topological polar surface area (TPSA) is 12.0 Å². The molecule has 0 saturated carbocycles. The molecule has 0 aliphatic carbocycles. The van der Waals surface area contributed by atoms with Gasteiger partial charge in [-0.2, -0.15) is 0 Å². The first-order valence-corrected chi connectivity index (χ1v) is 6.00. The average molecular weight is 244 g/mol. The summed E-state index contributed by atoms with van der Waals surface area (Å²) < 4.78 is 13.0. The third-order valence-corrected chi connectivity index (χ3v) is 3.25. The third kappa shape index (κ3) is 3.46. The molecule has 90 valence electrons. The lowest BCUT2D eigenvalue weighted by atomic mass is 10.0. The molecule has 0 heterocycles. The first-order valence-electron chi connectivity index (χ1n) is 5.62. The van der Waals surface area contributed by atoms with E-state index in [9.17, 15) is 4.39 Å². The van der Waals surface area contributed by atoms with Gasteiger partial charge < -0.3 is 5.32 Å². The van der Waals surface area contributed by atoms with E-state index < -0.39 is 0 Å².